The van der Waals surface area contributed by atoms with E-state index in [9.17, 15) is 5.26 Å². The number of aryl methyl sites for hydroxylation is 2. The summed E-state index contributed by atoms with van der Waals surface area (Å²) in [7, 11) is 1.87. The highest BCUT2D eigenvalue weighted by atomic mass is 35.5. The number of halogens is 1. The van der Waals surface area contributed by atoms with Crippen LogP contribution >= 0.6 is 11.6 Å². The van der Waals surface area contributed by atoms with Crippen LogP contribution in [0.15, 0.2) is 30.3 Å². The van der Waals surface area contributed by atoms with Gasteiger partial charge in [-0.3, -0.25) is 14.5 Å². The molecule has 0 aliphatic carbocycles. The van der Waals surface area contributed by atoms with E-state index in [0.29, 0.717) is 5.15 Å². The Bertz CT molecular complexity index is 726. The summed E-state index contributed by atoms with van der Waals surface area (Å²) in [6.45, 7) is 6.42. The number of nitriles is 1. The van der Waals surface area contributed by atoms with Gasteiger partial charge in [-0.2, -0.15) is 10.4 Å². The van der Waals surface area contributed by atoms with E-state index >= 15 is 0 Å². The Balaban J connectivity index is 1.62. The van der Waals surface area contributed by atoms with Gasteiger partial charge in [0, 0.05) is 45.3 Å². The molecule has 1 aliphatic rings. The summed E-state index contributed by atoms with van der Waals surface area (Å²) in [5.41, 5.74) is 3.16. The minimum Gasteiger partial charge on any atom is -0.296 e. The minimum absolute atomic E-state index is 0.169. The maximum Gasteiger partial charge on any atom is 0.131 e. The molecule has 0 spiro atoms. The molecule has 0 radical (unpaired) electrons. The predicted molar refractivity (Wildman–Crippen MR) is 94.6 cm³/mol. The first-order valence-electron chi connectivity index (χ1n) is 8.19. The first kappa shape index (κ1) is 17.0. The Morgan fingerprint density at radius 3 is 2.42 bits per heavy atom. The fourth-order valence-electron chi connectivity index (χ4n) is 3.26. The number of hydrogen-bond acceptors (Lipinski definition) is 4. The average Bonchev–Trinajstić information content (AvgIpc) is 2.84. The van der Waals surface area contributed by atoms with E-state index in [4.69, 9.17) is 11.6 Å². The lowest BCUT2D eigenvalue weighted by atomic mass is 10.1. The fraction of sp³-hybridized carbons (Fsp3) is 0.444. The second-order valence-electron chi connectivity index (χ2n) is 6.23. The summed E-state index contributed by atoms with van der Waals surface area (Å²) in [6.07, 6.45) is 0. The van der Waals surface area contributed by atoms with Crippen LogP contribution in [0.3, 0.4) is 0 Å². The summed E-state index contributed by atoms with van der Waals surface area (Å²) < 4.78 is 1.73. The normalized spacial score (nSPS) is 17.6. The molecule has 3 rings (SSSR count). The van der Waals surface area contributed by atoms with Crippen molar-refractivity contribution in [3.63, 3.8) is 0 Å². The average molecular weight is 344 g/mol. The van der Waals surface area contributed by atoms with Crippen LogP contribution in [-0.2, 0) is 13.6 Å². The van der Waals surface area contributed by atoms with Gasteiger partial charge < -0.3 is 0 Å². The van der Waals surface area contributed by atoms with Crippen LogP contribution in [0.1, 0.15) is 22.9 Å². The van der Waals surface area contributed by atoms with E-state index in [-0.39, 0.29) is 6.04 Å². The second kappa shape index (κ2) is 7.35. The quantitative estimate of drug-likeness (QED) is 0.856. The number of aromatic nitrogens is 2. The minimum atomic E-state index is -0.169. The molecule has 1 atom stereocenters. The molecule has 2 aromatic rings. The van der Waals surface area contributed by atoms with Crippen LogP contribution < -0.4 is 0 Å². The summed E-state index contributed by atoms with van der Waals surface area (Å²) in [5.74, 6) is 0. The monoisotopic (exact) mass is 343 g/mol. The van der Waals surface area contributed by atoms with Crippen molar-refractivity contribution < 1.29 is 0 Å². The second-order valence-corrected chi connectivity index (χ2v) is 6.59. The maximum absolute atomic E-state index is 9.57. The lowest BCUT2D eigenvalue weighted by molar-refractivity contribution is 0.109. The largest absolute Gasteiger partial charge is 0.296 e. The SMILES string of the molecule is Cc1nn(C)c(Cl)c1CN1CCN([C@H](C#N)c2ccccc2)CC1. The molecule has 0 N–H and O–H groups in total. The van der Waals surface area contributed by atoms with E-state index < -0.39 is 0 Å². The van der Waals surface area contributed by atoms with Crippen molar-refractivity contribution in [3.05, 3.63) is 52.3 Å². The molecule has 24 heavy (non-hydrogen) atoms. The predicted octanol–water partition coefficient (Wildman–Crippen LogP) is 2.76. The van der Waals surface area contributed by atoms with Gasteiger partial charge in [-0.25, -0.2) is 0 Å². The maximum atomic E-state index is 9.57. The first-order valence-corrected chi connectivity index (χ1v) is 8.57. The number of piperazine rings is 1. The molecular formula is C18H22ClN5. The fourth-order valence-corrected chi connectivity index (χ4v) is 3.49. The van der Waals surface area contributed by atoms with E-state index in [1.807, 2.05) is 44.3 Å². The van der Waals surface area contributed by atoms with Crippen molar-refractivity contribution in [3.8, 4) is 6.07 Å². The molecule has 6 heteroatoms. The molecular weight excluding hydrogens is 322 g/mol. The number of benzene rings is 1. The van der Waals surface area contributed by atoms with Crippen molar-refractivity contribution in [1.29, 1.82) is 5.26 Å². The zero-order valence-corrected chi connectivity index (χ0v) is 14.9. The van der Waals surface area contributed by atoms with Gasteiger partial charge >= 0.3 is 0 Å². The van der Waals surface area contributed by atoms with Crippen molar-refractivity contribution in [1.82, 2.24) is 19.6 Å². The summed E-state index contributed by atoms with van der Waals surface area (Å²) in [4.78, 5) is 4.63. The third-order valence-corrected chi connectivity index (χ3v) is 5.13. The number of nitrogens with zero attached hydrogens (tertiary/aromatic N) is 5. The smallest absolute Gasteiger partial charge is 0.131 e. The standard InChI is InChI=1S/C18H22ClN5/c1-14-16(18(19)22(2)21-14)13-23-8-10-24(11-9-23)17(12-20)15-6-4-3-5-7-15/h3-7,17H,8-11,13H2,1-2H3/t17-/m1/s1. The lowest BCUT2D eigenvalue weighted by Crippen LogP contribution is -2.47. The molecule has 0 bridgehead atoms. The van der Waals surface area contributed by atoms with Gasteiger partial charge in [0.15, 0.2) is 0 Å². The number of hydrogen-bond donors (Lipinski definition) is 0. The van der Waals surface area contributed by atoms with Gasteiger partial charge in [-0.1, -0.05) is 41.9 Å². The Labute approximate surface area is 148 Å². The van der Waals surface area contributed by atoms with Gasteiger partial charge in [-0.05, 0) is 12.5 Å². The molecule has 1 aliphatic heterocycles. The molecule has 5 nitrogen and oxygen atoms in total. The first-order chi connectivity index (χ1) is 11.6. The van der Waals surface area contributed by atoms with E-state index in [1.165, 1.54) is 0 Å². The summed E-state index contributed by atoms with van der Waals surface area (Å²) in [6, 6.07) is 12.3. The third kappa shape index (κ3) is 3.46. The molecule has 0 amide bonds. The van der Waals surface area contributed by atoms with E-state index in [2.05, 4.69) is 21.0 Å². The van der Waals surface area contributed by atoms with Crippen LogP contribution in [0.2, 0.25) is 5.15 Å². The molecule has 0 unspecified atom stereocenters. The zero-order valence-electron chi connectivity index (χ0n) is 14.1. The Hall–Kier alpha value is -1.87. The molecule has 1 saturated heterocycles. The lowest BCUT2D eigenvalue weighted by Gasteiger charge is -2.37. The van der Waals surface area contributed by atoms with Crippen molar-refractivity contribution >= 4 is 11.6 Å². The van der Waals surface area contributed by atoms with Crippen molar-refractivity contribution in [2.45, 2.75) is 19.5 Å². The Morgan fingerprint density at radius 2 is 1.88 bits per heavy atom. The van der Waals surface area contributed by atoms with Crippen LogP contribution in [0, 0.1) is 18.3 Å². The third-order valence-electron chi connectivity index (χ3n) is 4.66. The zero-order chi connectivity index (χ0) is 17.1. The van der Waals surface area contributed by atoms with Crippen LogP contribution in [-0.4, -0.2) is 45.8 Å². The molecule has 1 aromatic heterocycles. The van der Waals surface area contributed by atoms with Crippen molar-refractivity contribution in [2.24, 2.45) is 7.05 Å². The van der Waals surface area contributed by atoms with E-state index in [0.717, 1.165) is 49.5 Å². The molecule has 126 valence electrons. The topological polar surface area (TPSA) is 48.1 Å². The van der Waals surface area contributed by atoms with Gasteiger partial charge in [0.05, 0.1) is 11.8 Å². The highest BCUT2D eigenvalue weighted by Crippen LogP contribution is 2.24. The molecule has 2 heterocycles. The molecule has 1 fully saturated rings. The van der Waals surface area contributed by atoms with Crippen LogP contribution in [0.5, 0.6) is 0 Å². The van der Waals surface area contributed by atoms with Gasteiger partial charge in [0.1, 0.15) is 11.2 Å². The highest BCUT2D eigenvalue weighted by Gasteiger charge is 2.26. The number of rotatable bonds is 4. The van der Waals surface area contributed by atoms with Gasteiger partial charge in [0.2, 0.25) is 0 Å². The van der Waals surface area contributed by atoms with Crippen LogP contribution in [0.25, 0.3) is 0 Å². The molecule has 1 aromatic carbocycles. The van der Waals surface area contributed by atoms with Gasteiger partial charge in [-0.15, -0.1) is 0 Å². The van der Waals surface area contributed by atoms with Crippen LogP contribution in [0.4, 0.5) is 0 Å². The summed E-state index contributed by atoms with van der Waals surface area (Å²) >= 11 is 6.34. The molecule has 0 saturated carbocycles. The Morgan fingerprint density at radius 1 is 1.21 bits per heavy atom. The van der Waals surface area contributed by atoms with Crippen molar-refractivity contribution in [2.75, 3.05) is 26.2 Å². The Kier molecular flexibility index (Phi) is 5.20. The highest BCUT2D eigenvalue weighted by molar-refractivity contribution is 6.30. The summed E-state index contributed by atoms with van der Waals surface area (Å²) in [5, 5.41) is 14.7. The van der Waals surface area contributed by atoms with E-state index in [1.54, 1.807) is 4.68 Å². The van der Waals surface area contributed by atoms with Gasteiger partial charge in [0.25, 0.3) is 0 Å².